The minimum absolute atomic E-state index is 0.0948. The molecule has 1 aromatic carbocycles. The molecule has 0 saturated carbocycles. The predicted molar refractivity (Wildman–Crippen MR) is 82.2 cm³/mol. The molecule has 24 heavy (non-hydrogen) atoms. The molecule has 0 aliphatic carbocycles. The van der Waals surface area contributed by atoms with Crippen LogP contribution in [0, 0.1) is 18.3 Å². The number of halogens is 3. The molecule has 0 aliphatic heterocycles. The number of fused-ring (bicyclic) bond motifs is 1. The van der Waals surface area contributed by atoms with Gasteiger partial charge in [-0.1, -0.05) is 0 Å². The molecule has 0 saturated heterocycles. The highest BCUT2D eigenvalue weighted by Gasteiger charge is 2.36. The van der Waals surface area contributed by atoms with Crippen molar-refractivity contribution in [3.05, 3.63) is 35.0 Å². The number of aromatic nitrogens is 1. The lowest BCUT2D eigenvalue weighted by Gasteiger charge is -2.20. The van der Waals surface area contributed by atoms with Gasteiger partial charge in [-0.15, -0.1) is 0 Å². The highest BCUT2D eigenvalue weighted by atomic mass is 19.4. The molecule has 0 unspecified atom stereocenters. The highest BCUT2D eigenvalue weighted by molar-refractivity contribution is 5.88. The summed E-state index contributed by atoms with van der Waals surface area (Å²) in [6.45, 7) is 6.55. The normalized spacial score (nSPS) is 12.2. The van der Waals surface area contributed by atoms with Crippen molar-refractivity contribution >= 4 is 16.9 Å². The second-order valence-corrected chi connectivity index (χ2v) is 6.49. The number of benzene rings is 1. The van der Waals surface area contributed by atoms with Gasteiger partial charge in [-0.25, -0.2) is 0 Å². The van der Waals surface area contributed by atoms with Gasteiger partial charge >= 0.3 is 12.1 Å². The number of esters is 1. The Hall–Kier alpha value is -2.49. The van der Waals surface area contributed by atoms with Crippen LogP contribution >= 0.6 is 0 Å². The first kappa shape index (κ1) is 17.9. The average molecular weight is 338 g/mol. The van der Waals surface area contributed by atoms with Gasteiger partial charge in [-0.3, -0.25) is 4.79 Å². The van der Waals surface area contributed by atoms with Crippen molar-refractivity contribution in [3.63, 3.8) is 0 Å². The fourth-order valence-corrected chi connectivity index (χ4v) is 2.58. The fourth-order valence-electron chi connectivity index (χ4n) is 2.58. The molecule has 1 heterocycles. The van der Waals surface area contributed by atoms with Gasteiger partial charge in [0.15, 0.2) is 0 Å². The zero-order valence-corrected chi connectivity index (χ0v) is 13.8. The van der Waals surface area contributed by atoms with Gasteiger partial charge < -0.3 is 9.30 Å². The molecule has 0 bridgehead atoms. The van der Waals surface area contributed by atoms with Gasteiger partial charge in [-0.05, 0) is 45.9 Å². The number of aryl methyl sites for hydroxylation is 1. The Morgan fingerprint density at radius 1 is 1.29 bits per heavy atom. The fraction of sp³-hybridized carbons (Fsp3) is 0.412. The standard InChI is InChI=1S/C17H17F3N2O2/c1-10-7-12-13(22(10)9-14(23)24-16(2,3)4)6-5-11(8-21)15(12)17(18,19)20/h5-7H,9H2,1-4H3. The van der Waals surface area contributed by atoms with Crippen LogP contribution in [0.15, 0.2) is 18.2 Å². The van der Waals surface area contributed by atoms with Crippen molar-refractivity contribution in [1.82, 2.24) is 4.57 Å². The Kier molecular flexibility index (Phi) is 4.36. The Balaban J connectivity index is 2.57. The second-order valence-electron chi connectivity index (χ2n) is 6.49. The summed E-state index contributed by atoms with van der Waals surface area (Å²) in [6.07, 6.45) is -4.66. The lowest BCUT2D eigenvalue weighted by Crippen LogP contribution is -2.26. The number of alkyl halides is 3. The van der Waals surface area contributed by atoms with Crippen molar-refractivity contribution in [3.8, 4) is 6.07 Å². The first-order valence-electron chi connectivity index (χ1n) is 7.26. The molecule has 0 amide bonds. The van der Waals surface area contributed by atoms with E-state index in [0.717, 1.165) is 6.07 Å². The number of hydrogen-bond donors (Lipinski definition) is 0. The zero-order chi connectivity index (χ0) is 18.3. The van der Waals surface area contributed by atoms with Gasteiger partial charge in [-0.2, -0.15) is 18.4 Å². The molecular weight excluding hydrogens is 321 g/mol. The van der Waals surface area contributed by atoms with Gasteiger partial charge in [0.05, 0.1) is 17.2 Å². The average Bonchev–Trinajstić information content (AvgIpc) is 2.70. The van der Waals surface area contributed by atoms with Gasteiger partial charge in [0.2, 0.25) is 0 Å². The molecule has 2 aromatic rings. The predicted octanol–water partition coefficient (Wildman–Crippen LogP) is 4.18. The number of nitrogens with zero attached hydrogens (tertiary/aromatic N) is 2. The van der Waals surface area contributed by atoms with Crippen molar-refractivity contribution in [2.75, 3.05) is 0 Å². The summed E-state index contributed by atoms with van der Waals surface area (Å²) in [5, 5.41) is 8.86. The summed E-state index contributed by atoms with van der Waals surface area (Å²) >= 11 is 0. The number of carbonyl (C=O) groups is 1. The first-order valence-corrected chi connectivity index (χ1v) is 7.26. The van der Waals surface area contributed by atoms with E-state index >= 15 is 0 Å². The van der Waals surface area contributed by atoms with Gasteiger partial charge in [0.25, 0.3) is 0 Å². The molecule has 0 radical (unpaired) electrons. The van der Waals surface area contributed by atoms with Crippen LogP contribution in [-0.4, -0.2) is 16.1 Å². The third kappa shape index (κ3) is 3.53. The molecule has 128 valence electrons. The van der Waals surface area contributed by atoms with Crippen molar-refractivity contribution in [1.29, 1.82) is 5.26 Å². The minimum Gasteiger partial charge on any atom is -0.459 e. The molecular formula is C17H17F3N2O2. The molecule has 0 fully saturated rings. The SMILES string of the molecule is Cc1cc2c(C(F)(F)F)c(C#N)ccc2n1CC(=O)OC(C)(C)C. The lowest BCUT2D eigenvalue weighted by molar-refractivity contribution is -0.155. The molecule has 7 heteroatoms. The van der Waals surface area contributed by atoms with Crippen LogP contribution < -0.4 is 0 Å². The van der Waals surface area contributed by atoms with Gasteiger partial charge in [0, 0.05) is 16.6 Å². The maximum atomic E-state index is 13.3. The van der Waals surface area contributed by atoms with Crippen LogP contribution in [0.3, 0.4) is 0 Å². The maximum Gasteiger partial charge on any atom is 0.418 e. The van der Waals surface area contributed by atoms with E-state index in [1.165, 1.54) is 16.7 Å². The van der Waals surface area contributed by atoms with Crippen LogP contribution in [0.25, 0.3) is 10.9 Å². The Morgan fingerprint density at radius 3 is 2.42 bits per heavy atom. The monoisotopic (exact) mass is 338 g/mol. The Morgan fingerprint density at radius 2 is 1.92 bits per heavy atom. The van der Waals surface area contributed by atoms with E-state index in [2.05, 4.69) is 0 Å². The number of nitriles is 1. The van der Waals surface area contributed by atoms with E-state index < -0.39 is 28.9 Å². The quantitative estimate of drug-likeness (QED) is 0.772. The lowest BCUT2D eigenvalue weighted by atomic mass is 10.0. The van der Waals surface area contributed by atoms with Gasteiger partial charge in [0.1, 0.15) is 12.1 Å². The minimum atomic E-state index is -4.66. The topological polar surface area (TPSA) is 55.0 Å². The van der Waals surface area contributed by atoms with E-state index in [0.29, 0.717) is 5.69 Å². The zero-order valence-electron chi connectivity index (χ0n) is 13.8. The number of ether oxygens (including phenoxy) is 1. The summed E-state index contributed by atoms with van der Waals surface area (Å²) in [4.78, 5) is 12.0. The smallest absolute Gasteiger partial charge is 0.418 e. The summed E-state index contributed by atoms with van der Waals surface area (Å²) < 4.78 is 46.7. The van der Waals surface area contributed by atoms with Crippen molar-refractivity contribution in [2.45, 2.75) is 46.0 Å². The van der Waals surface area contributed by atoms with Crippen molar-refractivity contribution in [2.24, 2.45) is 0 Å². The number of carbonyl (C=O) groups excluding carboxylic acids is 1. The van der Waals surface area contributed by atoms with E-state index in [9.17, 15) is 18.0 Å². The van der Waals surface area contributed by atoms with E-state index in [1.54, 1.807) is 33.8 Å². The molecule has 0 atom stereocenters. The number of rotatable bonds is 2. The molecule has 2 rings (SSSR count). The van der Waals surface area contributed by atoms with Crippen LogP contribution in [0.1, 0.15) is 37.6 Å². The molecule has 4 nitrogen and oxygen atoms in total. The Bertz CT molecular complexity index is 837. The molecule has 0 spiro atoms. The highest BCUT2D eigenvalue weighted by Crippen LogP contribution is 2.38. The third-order valence-electron chi connectivity index (χ3n) is 3.40. The maximum absolute atomic E-state index is 13.3. The van der Waals surface area contributed by atoms with Crippen LogP contribution in [0.5, 0.6) is 0 Å². The molecule has 0 aliphatic rings. The Labute approximate surface area is 137 Å². The van der Waals surface area contributed by atoms with Crippen molar-refractivity contribution < 1.29 is 22.7 Å². The van der Waals surface area contributed by atoms with Crippen LogP contribution in [0.4, 0.5) is 13.2 Å². The molecule has 0 N–H and O–H groups in total. The summed E-state index contributed by atoms with van der Waals surface area (Å²) in [5.41, 5.74) is -1.38. The van der Waals surface area contributed by atoms with E-state index in [4.69, 9.17) is 10.00 Å². The summed E-state index contributed by atoms with van der Waals surface area (Å²) in [5.74, 6) is -0.541. The molecule has 1 aromatic heterocycles. The second kappa shape index (κ2) is 5.86. The third-order valence-corrected chi connectivity index (χ3v) is 3.40. The van der Waals surface area contributed by atoms with Crippen LogP contribution in [0.2, 0.25) is 0 Å². The summed E-state index contributed by atoms with van der Waals surface area (Å²) in [7, 11) is 0. The van der Waals surface area contributed by atoms with E-state index in [-0.39, 0.29) is 17.4 Å². The van der Waals surface area contributed by atoms with Crippen LogP contribution in [-0.2, 0) is 22.3 Å². The largest absolute Gasteiger partial charge is 0.459 e. The first-order chi connectivity index (χ1) is 10.9. The van der Waals surface area contributed by atoms with E-state index in [1.807, 2.05) is 0 Å². The number of hydrogen-bond acceptors (Lipinski definition) is 3. The summed E-state index contributed by atoms with van der Waals surface area (Å²) in [6, 6.07) is 5.45.